The summed E-state index contributed by atoms with van der Waals surface area (Å²) in [4.78, 5) is 0. The Hall–Kier alpha value is -0.0800. The zero-order valence-electron chi connectivity index (χ0n) is 13.6. The summed E-state index contributed by atoms with van der Waals surface area (Å²) in [6, 6.07) is 0. The van der Waals surface area contributed by atoms with Gasteiger partial charge in [-0.3, -0.25) is 0 Å². The third-order valence-corrected chi connectivity index (χ3v) is 4.43. The van der Waals surface area contributed by atoms with E-state index in [0.717, 1.165) is 6.42 Å². The second kappa shape index (κ2) is 12.6. The van der Waals surface area contributed by atoms with Gasteiger partial charge in [0, 0.05) is 6.61 Å². The van der Waals surface area contributed by atoms with Gasteiger partial charge in [-0.25, -0.2) is 0 Å². The smallest absolute Gasteiger partial charge is 0.0841 e. The highest BCUT2D eigenvalue weighted by atomic mass is 16.6. The first kappa shape index (κ1) is 18.0. The Morgan fingerprint density at radius 3 is 1.60 bits per heavy atom. The third kappa shape index (κ3) is 9.77. The van der Waals surface area contributed by atoms with E-state index in [4.69, 9.17) is 9.84 Å². The van der Waals surface area contributed by atoms with Crippen LogP contribution in [0.4, 0.5) is 0 Å². The summed E-state index contributed by atoms with van der Waals surface area (Å²) in [6.45, 7) is 2.63. The molecule has 0 saturated carbocycles. The van der Waals surface area contributed by atoms with E-state index in [9.17, 15) is 0 Å². The molecule has 1 rings (SSSR count). The second-order valence-electron chi connectivity index (χ2n) is 6.40. The third-order valence-electron chi connectivity index (χ3n) is 4.43. The zero-order chi connectivity index (χ0) is 14.5. The van der Waals surface area contributed by atoms with Gasteiger partial charge in [-0.15, -0.1) is 0 Å². The molecule has 2 atom stereocenters. The molecule has 0 amide bonds. The number of hydrogen-bond acceptors (Lipinski definition) is 2. The maximum absolute atomic E-state index is 8.69. The minimum Gasteiger partial charge on any atom is -0.396 e. The lowest BCUT2D eigenvalue weighted by atomic mass is 10.0. The highest BCUT2D eigenvalue weighted by Gasteiger charge is 2.36. The number of ether oxygens (including phenoxy) is 1. The molecular weight excluding hydrogens is 248 g/mol. The lowest BCUT2D eigenvalue weighted by molar-refractivity contribution is 0.282. The SMILES string of the molecule is CCCCCCCC[C@H]1O[C@H]1CCCCCCCCO. The van der Waals surface area contributed by atoms with Gasteiger partial charge in [-0.2, -0.15) is 0 Å². The van der Waals surface area contributed by atoms with E-state index >= 15 is 0 Å². The minimum atomic E-state index is 0.357. The highest BCUT2D eigenvalue weighted by molar-refractivity contribution is 4.84. The molecule has 0 spiro atoms. The van der Waals surface area contributed by atoms with Crippen LogP contribution >= 0.6 is 0 Å². The summed E-state index contributed by atoms with van der Waals surface area (Å²) in [6.07, 6.45) is 19.6. The summed E-state index contributed by atoms with van der Waals surface area (Å²) >= 11 is 0. The number of rotatable bonds is 15. The molecule has 0 aromatic heterocycles. The highest BCUT2D eigenvalue weighted by Crippen LogP contribution is 2.31. The molecule has 1 heterocycles. The predicted molar refractivity (Wildman–Crippen MR) is 86.1 cm³/mol. The average Bonchev–Trinajstić information content (AvgIpc) is 3.20. The Balaban J connectivity index is 1.75. The van der Waals surface area contributed by atoms with Crippen molar-refractivity contribution >= 4 is 0 Å². The lowest BCUT2D eigenvalue weighted by Gasteiger charge is -2.00. The van der Waals surface area contributed by atoms with E-state index < -0.39 is 0 Å². The van der Waals surface area contributed by atoms with Crippen molar-refractivity contribution in [2.75, 3.05) is 6.61 Å². The fourth-order valence-corrected chi connectivity index (χ4v) is 2.98. The summed E-state index contributed by atoms with van der Waals surface area (Å²) < 4.78 is 5.76. The predicted octanol–water partition coefficient (Wildman–Crippen LogP) is 5.23. The molecule has 120 valence electrons. The first-order valence-corrected chi connectivity index (χ1v) is 9.14. The summed E-state index contributed by atoms with van der Waals surface area (Å²) in [5.74, 6) is 0. The molecule has 1 saturated heterocycles. The maximum Gasteiger partial charge on any atom is 0.0841 e. The van der Waals surface area contributed by atoms with Crippen LogP contribution in [-0.2, 0) is 4.74 Å². The van der Waals surface area contributed by atoms with Crippen LogP contribution in [0.1, 0.15) is 96.8 Å². The van der Waals surface area contributed by atoms with Crippen molar-refractivity contribution in [3.63, 3.8) is 0 Å². The van der Waals surface area contributed by atoms with Gasteiger partial charge in [0.15, 0.2) is 0 Å². The van der Waals surface area contributed by atoms with Crippen LogP contribution in [0.25, 0.3) is 0 Å². The molecule has 0 unspecified atom stereocenters. The molecule has 1 aliphatic heterocycles. The number of epoxide rings is 1. The minimum absolute atomic E-state index is 0.357. The lowest BCUT2D eigenvalue weighted by Crippen LogP contribution is -1.95. The van der Waals surface area contributed by atoms with Gasteiger partial charge in [0.25, 0.3) is 0 Å². The van der Waals surface area contributed by atoms with E-state index in [0.29, 0.717) is 18.8 Å². The topological polar surface area (TPSA) is 32.8 Å². The Morgan fingerprint density at radius 2 is 1.10 bits per heavy atom. The summed E-state index contributed by atoms with van der Waals surface area (Å²) in [5, 5.41) is 8.69. The Morgan fingerprint density at radius 1 is 0.650 bits per heavy atom. The van der Waals surface area contributed by atoms with Crippen molar-refractivity contribution in [3.05, 3.63) is 0 Å². The maximum atomic E-state index is 8.69. The van der Waals surface area contributed by atoms with E-state index in [2.05, 4.69) is 6.92 Å². The van der Waals surface area contributed by atoms with E-state index in [1.165, 1.54) is 83.5 Å². The average molecular weight is 284 g/mol. The van der Waals surface area contributed by atoms with Crippen molar-refractivity contribution in [3.8, 4) is 0 Å². The Kier molecular flexibility index (Phi) is 11.4. The van der Waals surface area contributed by atoms with Gasteiger partial charge in [0.2, 0.25) is 0 Å². The molecular formula is C18H36O2. The normalized spacial score (nSPS) is 21.3. The largest absolute Gasteiger partial charge is 0.396 e. The van der Waals surface area contributed by atoms with Crippen LogP contribution in [0.3, 0.4) is 0 Å². The quantitative estimate of drug-likeness (QED) is 0.330. The van der Waals surface area contributed by atoms with Gasteiger partial charge in [0.1, 0.15) is 0 Å². The molecule has 0 bridgehead atoms. The monoisotopic (exact) mass is 284 g/mol. The van der Waals surface area contributed by atoms with Gasteiger partial charge >= 0.3 is 0 Å². The first-order valence-electron chi connectivity index (χ1n) is 9.14. The molecule has 0 radical (unpaired) electrons. The van der Waals surface area contributed by atoms with E-state index in [-0.39, 0.29) is 0 Å². The van der Waals surface area contributed by atoms with Crippen molar-refractivity contribution in [2.45, 2.75) is 109 Å². The fraction of sp³-hybridized carbons (Fsp3) is 1.00. The van der Waals surface area contributed by atoms with Crippen molar-refractivity contribution in [1.82, 2.24) is 0 Å². The Bertz CT molecular complexity index is 206. The van der Waals surface area contributed by atoms with Crippen LogP contribution < -0.4 is 0 Å². The zero-order valence-corrected chi connectivity index (χ0v) is 13.6. The molecule has 0 aromatic carbocycles. The number of unbranched alkanes of at least 4 members (excludes halogenated alkanes) is 10. The van der Waals surface area contributed by atoms with Gasteiger partial charge in [-0.1, -0.05) is 77.6 Å². The summed E-state index contributed by atoms with van der Waals surface area (Å²) in [5.41, 5.74) is 0. The van der Waals surface area contributed by atoms with Crippen LogP contribution in [0.15, 0.2) is 0 Å². The molecule has 1 fully saturated rings. The molecule has 0 aliphatic carbocycles. The van der Waals surface area contributed by atoms with Gasteiger partial charge < -0.3 is 9.84 Å². The molecule has 1 aliphatic rings. The molecule has 2 heteroatoms. The molecule has 0 aromatic rings. The molecule has 20 heavy (non-hydrogen) atoms. The van der Waals surface area contributed by atoms with E-state index in [1.54, 1.807) is 0 Å². The number of aliphatic hydroxyl groups excluding tert-OH is 1. The fourth-order valence-electron chi connectivity index (χ4n) is 2.98. The van der Waals surface area contributed by atoms with Gasteiger partial charge in [0.05, 0.1) is 12.2 Å². The summed E-state index contributed by atoms with van der Waals surface area (Å²) in [7, 11) is 0. The second-order valence-corrected chi connectivity index (χ2v) is 6.40. The molecule has 2 nitrogen and oxygen atoms in total. The van der Waals surface area contributed by atoms with Crippen LogP contribution in [0.5, 0.6) is 0 Å². The van der Waals surface area contributed by atoms with Crippen molar-refractivity contribution in [1.29, 1.82) is 0 Å². The number of hydrogen-bond donors (Lipinski definition) is 1. The first-order chi connectivity index (χ1) is 9.88. The van der Waals surface area contributed by atoms with Crippen LogP contribution in [0, 0.1) is 0 Å². The molecule has 1 N–H and O–H groups in total. The number of aliphatic hydroxyl groups is 1. The van der Waals surface area contributed by atoms with Crippen LogP contribution in [0.2, 0.25) is 0 Å². The van der Waals surface area contributed by atoms with Crippen molar-refractivity contribution in [2.24, 2.45) is 0 Å². The van der Waals surface area contributed by atoms with Crippen LogP contribution in [-0.4, -0.2) is 23.9 Å². The van der Waals surface area contributed by atoms with E-state index in [1.807, 2.05) is 0 Å². The Labute approximate surface area is 126 Å². The van der Waals surface area contributed by atoms with Gasteiger partial charge in [-0.05, 0) is 19.3 Å². The standard InChI is InChI=1S/C18H36O2/c1-2-3-4-5-8-11-14-17-18(20-17)15-12-9-6-7-10-13-16-19/h17-19H,2-16H2,1H3/t17-,18+/m1/s1. The van der Waals surface area contributed by atoms with Crippen molar-refractivity contribution < 1.29 is 9.84 Å².